The normalized spacial score (nSPS) is 15.1. The number of hydrogen-bond acceptors (Lipinski definition) is 5. The maximum Gasteiger partial charge on any atom is 0.339 e. The van der Waals surface area contributed by atoms with Crippen LogP contribution in [-0.4, -0.2) is 38.1 Å². The molecule has 2 aromatic carbocycles. The third-order valence-corrected chi connectivity index (χ3v) is 4.50. The number of benzene rings is 2. The van der Waals surface area contributed by atoms with Crippen molar-refractivity contribution in [3.8, 4) is 11.5 Å². The van der Waals surface area contributed by atoms with Crippen molar-refractivity contribution < 1.29 is 34.8 Å². The molecule has 0 heterocycles. The number of phenols is 2. The highest BCUT2D eigenvalue weighted by Gasteiger charge is 2.22. The summed E-state index contributed by atoms with van der Waals surface area (Å²) in [5, 5.41) is 38.3. The monoisotopic (exact) mass is 392 g/mol. The zero-order chi connectivity index (χ0) is 21.3. The Morgan fingerprint density at radius 2 is 1.45 bits per heavy atom. The maximum atomic E-state index is 11.9. The van der Waals surface area contributed by atoms with Crippen LogP contribution >= 0.6 is 0 Å². The summed E-state index contributed by atoms with van der Waals surface area (Å²) < 4.78 is 0. The number of aliphatic carboxylic acids is 1. The average Bonchev–Trinajstić information content (AvgIpc) is 2.66. The first-order valence-electron chi connectivity index (χ1n) is 8.47. The van der Waals surface area contributed by atoms with Crippen LogP contribution in [0.5, 0.6) is 11.5 Å². The van der Waals surface area contributed by atoms with E-state index >= 15 is 0 Å². The van der Waals surface area contributed by atoms with Gasteiger partial charge in [-0.25, -0.2) is 9.59 Å². The Bertz CT molecular complexity index is 1150. The third-order valence-electron chi connectivity index (χ3n) is 4.50. The zero-order valence-corrected chi connectivity index (χ0v) is 15.2. The summed E-state index contributed by atoms with van der Waals surface area (Å²) >= 11 is 0. The van der Waals surface area contributed by atoms with Gasteiger partial charge in [0.2, 0.25) is 0 Å². The molecule has 0 amide bonds. The fourth-order valence-electron chi connectivity index (χ4n) is 3.03. The van der Waals surface area contributed by atoms with Crippen LogP contribution in [0.4, 0.5) is 0 Å². The van der Waals surface area contributed by atoms with Gasteiger partial charge in [0.1, 0.15) is 22.6 Å². The van der Waals surface area contributed by atoms with Gasteiger partial charge in [0, 0.05) is 0 Å². The molecule has 0 saturated carbocycles. The maximum absolute atomic E-state index is 11.9. The van der Waals surface area contributed by atoms with E-state index in [0.29, 0.717) is 27.8 Å². The van der Waals surface area contributed by atoms with Gasteiger partial charge in [0.25, 0.3) is 0 Å². The fourth-order valence-corrected chi connectivity index (χ4v) is 3.03. The SMILES string of the molecule is Cc1cc(/C(=C2\C=CC(=O)C(C(=O)O)=C2)c2ccc(O)c(C(=O)O)c2)ccc1O. The van der Waals surface area contributed by atoms with Crippen LogP contribution in [0.25, 0.3) is 5.57 Å². The third kappa shape index (κ3) is 3.79. The van der Waals surface area contributed by atoms with E-state index in [1.165, 1.54) is 36.4 Å². The molecular weight excluding hydrogens is 376 g/mol. The molecular formula is C22H16O7. The molecule has 0 unspecified atom stereocenters. The van der Waals surface area contributed by atoms with Crippen molar-refractivity contribution in [3.05, 3.63) is 88.0 Å². The minimum atomic E-state index is -1.38. The second-order valence-electron chi connectivity index (χ2n) is 6.43. The lowest BCUT2D eigenvalue weighted by atomic mass is 9.87. The molecule has 0 aromatic heterocycles. The fraction of sp³-hybridized carbons (Fsp3) is 0.0455. The summed E-state index contributed by atoms with van der Waals surface area (Å²) in [7, 11) is 0. The first kappa shape index (κ1) is 19.6. The van der Waals surface area contributed by atoms with Crippen LogP contribution in [0, 0.1) is 6.92 Å². The summed E-state index contributed by atoms with van der Waals surface area (Å²) in [5.74, 6) is -3.71. The number of carboxylic acids is 2. The van der Waals surface area contributed by atoms with Gasteiger partial charge in [-0.2, -0.15) is 0 Å². The molecule has 3 rings (SSSR count). The standard InChI is InChI=1S/C22H16O7/c1-11-8-12(2-5-17(11)23)20(13-3-6-18(24)15(9-13)21(26)27)14-4-7-19(25)16(10-14)22(28)29/h2-10,23-24H,1H3,(H,26,27)(H,28,29)/b20-14-. The first-order valence-corrected chi connectivity index (χ1v) is 8.47. The van der Waals surface area contributed by atoms with Gasteiger partial charge < -0.3 is 20.4 Å². The molecule has 1 aliphatic carbocycles. The topological polar surface area (TPSA) is 132 Å². The van der Waals surface area contributed by atoms with E-state index in [1.807, 2.05) is 0 Å². The predicted octanol–water partition coefficient (Wildman–Crippen LogP) is 3.06. The Hall–Kier alpha value is -4.13. The van der Waals surface area contributed by atoms with Crippen molar-refractivity contribution in [3.63, 3.8) is 0 Å². The lowest BCUT2D eigenvalue weighted by molar-refractivity contribution is -0.134. The summed E-state index contributed by atoms with van der Waals surface area (Å²) in [6.45, 7) is 1.68. The number of rotatable bonds is 4. The van der Waals surface area contributed by atoms with E-state index in [1.54, 1.807) is 19.1 Å². The van der Waals surface area contributed by atoms with Crippen LogP contribution in [0.15, 0.2) is 65.8 Å². The first-order chi connectivity index (χ1) is 13.7. The van der Waals surface area contributed by atoms with Crippen LogP contribution < -0.4 is 0 Å². The quantitative estimate of drug-likeness (QED) is 0.588. The van der Waals surface area contributed by atoms with E-state index in [2.05, 4.69) is 0 Å². The number of aryl methyl sites for hydroxylation is 1. The zero-order valence-electron chi connectivity index (χ0n) is 15.2. The van der Waals surface area contributed by atoms with Gasteiger partial charge in [-0.3, -0.25) is 4.79 Å². The molecule has 0 atom stereocenters. The number of carboxylic acid groups (broad SMARTS) is 2. The van der Waals surface area contributed by atoms with Crippen molar-refractivity contribution in [2.45, 2.75) is 6.92 Å². The molecule has 0 saturated heterocycles. The Morgan fingerprint density at radius 3 is 2.03 bits per heavy atom. The van der Waals surface area contributed by atoms with Crippen LogP contribution in [-0.2, 0) is 9.59 Å². The van der Waals surface area contributed by atoms with E-state index in [-0.39, 0.29) is 11.3 Å². The highest BCUT2D eigenvalue weighted by molar-refractivity contribution is 6.23. The molecule has 0 bridgehead atoms. The Kier molecular flexibility index (Phi) is 5.06. The minimum absolute atomic E-state index is 0.0613. The van der Waals surface area contributed by atoms with E-state index in [4.69, 9.17) is 0 Å². The number of carbonyl (C=O) groups is 3. The number of phenolic OH excluding ortho intramolecular Hbond substituents is 1. The Morgan fingerprint density at radius 1 is 0.828 bits per heavy atom. The second kappa shape index (κ2) is 7.47. The van der Waals surface area contributed by atoms with Crippen molar-refractivity contribution in [2.75, 3.05) is 0 Å². The van der Waals surface area contributed by atoms with Crippen molar-refractivity contribution in [2.24, 2.45) is 0 Å². The summed E-state index contributed by atoms with van der Waals surface area (Å²) in [6.07, 6.45) is 3.79. The summed E-state index contributed by atoms with van der Waals surface area (Å²) in [5.41, 5.74) is 1.57. The second-order valence-corrected chi connectivity index (χ2v) is 6.43. The molecule has 7 heteroatoms. The molecule has 1 aliphatic rings. The lowest BCUT2D eigenvalue weighted by Gasteiger charge is -2.16. The van der Waals surface area contributed by atoms with Crippen LogP contribution in [0.3, 0.4) is 0 Å². The van der Waals surface area contributed by atoms with Gasteiger partial charge in [-0.05, 0) is 71.2 Å². The minimum Gasteiger partial charge on any atom is -0.508 e. The molecule has 0 spiro atoms. The predicted molar refractivity (Wildman–Crippen MR) is 104 cm³/mol. The number of aromatic carboxylic acids is 1. The van der Waals surface area contributed by atoms with Gasteiger partial charge in [-0.15, -0.1) is 0 Å². The molecule has 146 valence electrons. The van der Waals surface area contributed by atoms with Crippen molar-refractivity contribution in [1.82, 2.24) is 0 Å². The molecule has 29 heavy (non-hydrogen) atoms. The number of hydrogen-bond donors (Lipinski definition) is 4. The van der Waals surface area contributed by atoms with Gasteiger partial charge >= 0.3 is 11.9 Å². The van der Waals surface area contributed by atoms with E-state index in [9.17, 15) is 34.8 Å². The molecule has 0 aliphatic heterocycles. The number of ketones is 1. The molecule has 4 N–H and O–H groups in total. The van der Waals surface area contributed by atoms with Crippen LogP contribution in [0.2, 0.25) is 0 Å². The number of allylic oxidation sites excluding steroid dienone is 4. The van der Waals surface area contributed by atoms with E-state index < -0.39 is 29.0 Å². The molecule has 7 nitrogen and oxygen atoms in total. The van der Waals surface area contributed by atoms with Crippen molar-refractivity contribution >= 4 is 23.3 Å². The highest BCUT2D eigenvalue weighted by atomic mass is 16.4. The lowest BCUT2D eigenvalue weighted by Crippen LogP contribution is -2.13. The van der Waals surface area contributed by atoms with Gasteiger partial charge in [-0.1, -0.05) is 18.2 Å². The van der Waals surface area contributed by atoms with Gasteiger partial charge in [0.05, 0.1) is 0 Å². The number of aromatic hydroxyl groups is 2. The van der Waals surface area contributed by atoms with Crippen molar-refractivity contribution in [1.29, 1.82) is 0 Å². The Balaban J connectivity index is 2.35. The van der Waals surface area contributed by atoms with E-state index in [0.717, 1.165) is 6.08 Å². The molecule has 0 fully saturated rings. The molecule has 0 radical (unpaired) electrons. The largest absolute Gasteiger partial charge is 0.508 e. The summed E-state index contributed by atoms with van der Waals surface area (Å²) in [4.78, 5) is 34.7. The van der Waals surface area contributed by atoms with Crippen LogP contribution in [0.1, 0.15) is 27.0 Å². The smallest absolute Gasteiger partial charge is 0.339 e. The highest BCUT2D eigenvalue weighted by Crippen LogP contribution is 2.34. The molecule has 2 aromatic rings. The Labute approximate surface area is 165 Å². The average molecular weight is 392 g/mol. The van der Waals surface area contributed by atoms with Gasteiger partial charge in [0.15, 0.2) is 5.78 Å². The number of carbonyl (C=O) groups excluding carboxylic acids is 1. The summed E-state index contributed by atoms with van der Waals surface area (Å²) in [6, 6.07) is 8.70.